The third kappa shape index (κ3) is 6.78. The topological polar surface area (TPSA) is 30.0 Å². The van der Waals surface area contributed by atoms with Gasteiger partial charge in [0.2, 0.25) is 0 Å². The van der Waals surface area contributed by atoms with Crippen LogP contribution in [0.2, 0.25) is 5.02 Å². The second-order valence-electron chi connectivity index (χ2n) is 8.49. The lowest BCUT2D eigenvalue weighted by Crippen LogP contribution is -2.47. The standard InChI is InChI=1S/C22H35ClN4O.C2H6/c1-18-6-4-8-20(21(18)23)26-16-14-25(15-17-26)11-5-7-19-9-12-27(13-10-19)22(28)24(2)3;1-2/h4,6,8,19H,5,7,9-17H2,1-3H3;1-2H3. The highest BCUT2D eigenvalue weighted by molar-refractivity contribution is 6.34. The number of amides is 2. The maximum Gasteiger partial charge on any atom is 0.319 e. The normalized spacial score (nSPS) is 18.1. The Kier molecular flexibility index (Phi) is 10.3. The summed E-state index contributed by atoms with van der Waals surface area (Å²) in [6, 6.07) is 6.46. The quantitative estimate of drug-likeness (QED) is 0.652. The molecular weight excluding hydrogens is 396 g/mol. The Morgan fingerprint density at radius 2 is 1.70 bits per heavy atom. The van der Waals surface area contributed by atoms with Gasteiger partial charge in [-0.15, -0.1) is 0 Å². The Labute approximate surface area is 188 Å². The Hall–Kier alpha value is -1.46. The number of hydrogen-bond acceptors (Lipinski definition) is 3. The van der Waals surface area contributed by atoms with E-state index in [1.165, 1.54) is 25.1 Å². The zero-order valence-corrected chi connectivity index (χ0v) is 20.4. The molecule has 2 heterocycles. The number of nitrogens with zero attached hydrogens (tertiary/aromatic N) is 4. The summed E-state index contributed by atoms with van der Waals surface area (Å²) in [6.45, 7) is 13.4. The van der Waals surface area contributed by atoms with Gasteiger partial charge in [0.15, 0.2) is 0 Å². The van der Waals surface area contributed by atoms with E-state index in [2.05, 4.69) is 34.9 Å². The lowest BCUT2D eigenvalue weighted by molar-refractivity contribution is 0.143. The van der Waals surface area contributed by atoms with Gasteiger partial charge in [0, 0.05) is 53.4 Å². The molecule has 30 heavy (non-hydrogen) atoms. The van der Waals surface area contributed by atoms with Crippen molar-refractivity contribution in [2.75, 3.05) is 64.8 Å². The van der Waals surface area contributed by atoms with E-state index in [-0.39, 0.29) is 6.03 Å². The molecule has 0 saturated carbocycles. The maximum absolute atomic E-state index is 12.0. The van der Waals surface area contributed by atoms with Crippen molar-refractivity contribution in [3.8, 4) is 0 Å². The van der Waals surface area contributed by atoms with E-state index < -0.39 is 0 Å². The first kappa shape index (κ1) is 24.8. The van der Waals surface area contributed by atoms with Gasteiger partial charge in [-0.05, 0) is 56.7 Å². The van der Waals surface area contributed by atoms with Crippen LogP contribution in [-0.4, -0.2) is 80.6 Å². The first-order valence-electron chi connectivity index (χ1n) is 11.6. The van der Waals surface area contributed by atoms with Gasteiger partial charge < -0.3 is 14.7 Å². The molecule has 1 aromatic rings. The molecule has 3 rings (SSSR count). The van der Waals surface area contributed by atoms with E-state index in [1.807, 2.05) is 32.8 Å². The summed E-state index contributed by atoms with van der Waals surface area (Å²) in [5.74, 6) is 0.776. The fourth-order valence-corrected chi connectivity index (χ4v) is 4.63. The number of aryl methyl sites for hydroxylation is 1. The molecule has 6 heteroatoms. The molecule has 1 aromatic carbocycles. The average Bonchev–Trinajstić information content (AvgIpc) is 2.77. The number of likely N-dealkylation sites (tertiary alicyclic amines) is 1. The molecule has 2 amide bonds. The van der Waals surface area contributed by atoms with E-state index in [9.17, 15) is 4.79 Å². The fraction of sp³-hybridized carbons (Fsp3) is 0.708. The Morgan fingerprint density at radius 1 is 1.07 bits per heavy atom. The highest BCUT2D eigenvalue weighted by Gasteiger charge is 2.24. The highest BCUT2D eigenvalue weighted by Crippen LogP contribution is 2.29. The number of carbonyl (C=O) groups is 1. The van der Waals surface area contributed by atoms with Crippen molar-refractivity contribution in [3.63, 3.8) is 0 Å². The van der Waals surface area contributed by atoms with Crippen molar-refractivity contribution >= 4 is 23.3 Å². The number of benzene rings is 1. The van der Waals surface area contributed by atoms with Crippen LogP contribution in [0, 0.1) is 12.8 Å². The van der Waals surface area contributed by atoms with Crippen LogP contribution in [0.15, 0.2) is 18.2 Å². The second-order valence-corrected chi connectivity index (χ2v) is 8.86. The molecule has 170 valence electrons. The largest absolute Gasteiger partial charge is 0.368 e. The number of anilines is 1. The summed E-state index contributed by atoms with van der Waals surface area (Å²) in [5, 5.41) is 0.898. The number of piperazine rings is 1. The predicted octanol–water partition coefficient (Wildman–Crippen LogP) is 4.97. The second kappa shape index (κ2) is 12.4. The van der Waals surface area contributed by atoms with Gasteiger partial charge in [-0.2, -0.15) is 0 Å². The van der Waals surface area contributed by atoms with Gasteiger partial charge in [-0.3, -0.25) is 4.90 Å². The lowest BCUT2D eigenvalue weighted by Gasteiger charge is -2.37. The number of hydrogen-bond donors (Lipinski definition) is 0. The van der Waals surface area contributed by atoms with E-state index in [0.29, 0.717) is 0 Å². The van der Waals surface area contributed by atoms with Crippen molar-refractivity contribution in [3.05, 3.63) is 28.8 Å². The molecule has 0 atom stereocenters. The molecule has 0 spiro atoms. The molecule has 0 radical (unpaired) electrons. The summed E-state index contributed by atoms with van der Waals surface area (Å²) in [6.07, 6.45) is 4.85. The van der Waals surface area contributed by atoms with Crippen LogP contribution in [0.1, 0.15) is 45.1 Å². The molecule has 0 N–H and O–H groups in total. The summed E-state index contributed by atoms with van der Waals surface area (Å²) >= 11 is 6.50. The number of halogens is 1. The average molecular weight is 437 g/mol. The molecule has 2 aliphatic heterocycles. The van der Waals surface area contributed by atoms with Crippen molar-refractivity contribution in [1.29, 1.82) is 0 Å². The Morgan fingerprint density at radius 3 is 2.30 bits per heavy atom. The molecule has 2 fully saturated rings. The third-order valence-corrected chi connectivity index (χ3v) is 6.73. The fourth-order valence-electron chi connectivity index (χ4n) is 4.39. The molecule has 0 aromatic heterocycles. The predicted molar refractivity (Wildman–Crippen MR) is 129 cm³/mol. The van der Waals surface area contributed by atoms with Crippen LogP contribution in [0.3, 0.4) is 0 Å². The molecular formula is C24H41ClN4O. The summed E-state index contributed by atoms with van der Waals surface area (Å²) in [4.78, 5) is 20.7. The lowest BCUT2D eigenvalue weighted by atomic mass is 9.92. The number of carbonyl (C=O) groups excluding carboxylic acids is 1. The van der Waals surface area contributed by atoms with Crippen LogP contribution in [-0.2, 0) is 0 Å². The van der Waals surface area contributed by atoms with Gasteiger partial charge in [0.25, 0.3) is 0 Å². The van der Waals surface area contributed by atoms with Crippen LogP contribution in [0.4, 0.5) is 10.5 Å². The number of rotatable bonds is 5. The summed E-state index contributed by atoms with van der Waals surface area (Å²) in [7, 11) is 3.67. The van der Waals surface area contributed by atoms with Crippen molar-refractivity contribution in [2.24, 2.45) is 5.92 Å². The molecule has 0 bridgehead atoms. The minimum absolute atomic E-state index is 0.157. The van der Waals surface area contributed by atoms with E-state index in [0.717, 1.165) is 68.6 Å². The van der Waals surface area contributed by atoms with Gasteiger partial charge in [0.05, 0.1) is 10.7 Å². The van der Waals surface area contributed by atoms with E-state index in [4.69, 9.17) is 11.6 Å². The first-order chi connectivity index (χ1) is 14.5. The monoisotopic (exact) mass is 436 g/mol. The Bertz CT molecular complexity index is 651. The van der Waals surface area contributed by atoms with E-state index in [1.54, 1.807) is 4.90 Å². The molecule has 2 aliphatic rings. The Balaban J connectivity index is 0.00000155. The highest BCUT2D eigenvalue weighted by atomic mass is 35.5. The third-order valence-electron chi connectivity index (χ3n) is 6.24. The smallest absolute Gasteiger partial charge is 0.319 e. The molecule has 2 saturated heterocycles. The van der Waals surface area contributed by atoms with E-state index >= 15 is 0 Å². The first-order valence-corrected chi connectivity index (χ1v) is 12.0. The van der Waals surface area contributed by atoms with Crippen LogP contribution >= 0.6 is 11.6 Å². The molecule has 0 unspecified atom stereocenters. The SMILES string of the molecule is CC.Cc1cccc(N2CCN(CCCC3CCN(C(=O)N(C)C)CC3)CC2)c1Cl. The van der Waals surface area contributed by atoms with Crippen LogP contribution in [0.5, 0.6) is 0 Å². The van der Waals surface area contributed by atoms with Crippen molar-refractivity contribution in [1.82, 2.24) is 14.7 Å². The van der Waals surface area contributed by atoms with Gasteiger partial charge in [0.1, 0.15) is 0 Å². The zero-order valence-electron chi connectivity index (χ0n) is 19.7. The number of urea groups is 1. The number of piperidine rings is 1. The summed E-state index contributed by atoms with van der Waals surface area (Å²) < 4.78 is 0. The van der Waals surface area contributed by atoms with Gasteiger partial charge in [-0.1, -0.05) is 37.6 Å². The summed E-state index contributed by atoms with van der Waals surface area (Å²) in [5.41, 5.74) is 2.33. The maximum atomic E-state index is 12.0. The van der Waals surface area contributed by atoms with Crippen LogP contribution < -0.4 is 4.90 Å². The minimum atomic E-state index is 0.157. The zero-order chi connectivity index (χ0) is 22.1. The molecule has 5 nitrogen and oxygen atoms in total. The van der Waals surface area contributed by atoms with Gasteiger partial charge in [-0.25, -0.2) is 4.79 Å². The van der Waals surface area contributed by atoms with Crippen molar-refractivity contribution < 1.29 is 4.79 Å². The molecule has 0 aliphatic carbocycles. The van der Waals surface area contributed by atoms with Crippen molar-refractivity contribution in [2.45, 2.75) is 46.5 Å². The van der Waals surface area contributed by atoms with Gasteiger partial charge >= 0.3 is 6.03 Å². The minimum Gasteiger partial charge on any atom is -0.368 e. The van der Waals surface area contributed by atoms with Crippen LogP contribution in [0.25, 0.3) is 0 Å².